The second-order valence-corrected chi connectivity index (χ2v) is 8.81. The Morgan fingerprint density at radius 2 is 1.95 bits per heavy atom. The monoisotopic (exact) mass is 624 g/mol. The zero-order valence-corrected chi connectivity index (χ0v) is 22.3. The smallest absolute Gasteiger partial charge is 0.338 e. The van der Waals surface area contributed by atoms with E-state index in [0.29, 0.717) is 20.4 Å². The van der Waals surface area contributed by atoms with E-state index in [4.69, 9.17) is 14.2 Å². The molecule has 3 amide bonds. The number of hydrogen-bond donors (Lipinski definition) is 5. The first kappa shape index (κ1) is 27.6. The summed E-state index contributed by atoms with van der Waals surface area (Å²) < 4.78 is 16.6. The number of phenolic OH excluding ortho intramolecular Hbond substituents is 2. The van der Waals surface area contributed by atoms with Crippen LogP contribution in [0.2, 0.25) is 0 Å². The Morgan fingerprint density at radius 1 is 1.19 bits per heavy atom. The van der Waals surface area contributed by atoms with Crippen molar-refractivity contribution in [3.8, 4) is 23.0 Å². The number of methoxy groups -OCH3 is 1. The van der Waals surface area contributed by atoms with E-state index >= 15 is 0 Å². The van der Waals surface area contributed by atoms with Crippen molar-refractivity contribution in [2.75, 3.05) is 20.3 Å². The first-order chi connectivity index (χ1) is 17.6. The molecule has 0 spiro atoms. The highest BCUT2D eigenvalue weighted by Crippen LogP contribution is 2.34. The van der Waals surface area contributed by atoms with Gasteiger partial charge in [-0.05, 0) is 60.2 Å². The van der Waals surface area contributed by atoms with Crippen LogP contribution in [0.3, 0.4) is 0 Å². The van der Waals surface area contributed by atoms with Gasteiger partial charge in [-0.15, -0.1) is 0 Å². The number of hydrogen-bond acceptors (Lipinski definition) is 9. The lowest BCUT2D eigenvalue weighted by atomic mass is 9.95. The molecule has 2 aromatic rings. The van der Waals surface area contributed by atoms with Gasteiger partial charge in [0.1, 0.15) is 11.5 Å². The van der Waals surface area contributed by atoms with Crippen molar-refractivity contribution in [1.82, 2.24) is 16.1 Å². The highest BCUT2D eigenvalue weighted by Gasteiger charge is 2.32. The zero-order chi connectivity index (χ0) is 27.1. The van der Waals surface area contributed by atoms with Crippen molar-refractivity contribution in [3.05, 3.63) is 56.3 Å². The Balaban J connectivity index is 1.69. The summed E-state index contributed by atoms with van der Waals surface area (Å²) >= 11 is 1.89. The summed E-state index contributed by atoms with van der Waals surface area (Å²) in [7, 11) is 1.41. The lowest BCUT2D eigenvalue weighted by molar-refractivity contribution is -0.139. The number of amides is 3. The number of ether oxygens (including phenoxy) is 3. The molecule has 1 atom stereocenters. The fourth-order valence-electron chi connectivity index (χ4n) is 3.43. The van der Waals surface area contributed by atoms with Gasteiger partial charge in [0, 0.05) is 17.3 Å². The fourth-order valence-corrected chi connectivity index (χ4v) is 3.92. The fraction of sp³-hybridized carbons (Fsp3) is 0.250. The first-order valence-electron chi connectivity index (χ1n) is 10.9. The zero-order valence-electron chi connectivity index (χ0n) is 20.1. The molecule has 0 unspecified atom stereocenters. The highest BCUT2D eigenvalue weighted by atomic mass is 127. The first-order valence-corrected chi connectivity index (χ1v) is 12.0. The number of nitrogens with zero attached hydrogens (tertiary/aromatic N) is 1. The maximum absolute atomic E-state index is 12.5. The second kappa shape index (κ2) is 12.3. The average molecular weight is 624 g/mol. The maximum atomic E-state index is 12.5. The molecule has 0 radical (unpaired) electrons. The summed E-state index contributed by atoms with van der Waals surface area (Å²) in [6.45, 7) is 3.07. The van der Waals surface area contributed by atoms with Gasteiger partial charge in [-0.25, -0.2) is 15.0 Å². The summed E-state index contributed by atoms with van der Waals surface area (Å²) in [4.78, 5) is 36.8. The lowest BCUT2D eigenvalue weighted by Gasteiger charge is -2.28. The molecule has 1 aliphatic rings. The van der Waals surface area contributed by atoms with E-state index in [1.54, 1.807) is 32.0 Å². The van der Waals surface area contributed by atoms with Crippen LogP contribution in [-0.4, -0.2) is 54.7 Å². The molecule has 0 saturated heterocycles. The summed E-state index contributed by atoms with van der Waals surface area (Å²) in [6, 6.07) is 6.18. The van der Waals surface area contributed by atoms with E-state index < -0.39 is 30.6 Å². The van der Waals surface area contributed by atoms with Crippen molar-refractivity contribution in [2.24, 2.45) is 5.10 Å². The number of nitrogens with one attached hydrogen (secondary N) is 3. The third kappa shape index (κ3) is 6.81. The third-order valence-corrected chi connectivity index (χ3v) is 6.00. The molecule has 3 rings (SSSR count). The normalized spacial score (nSPS) is 15.1. The van der Waals surface area contributed by atoms with E-state index in [0.717, 1.165) is 0 Å². The van der Waals surface area contributed by atoms with Crippen LogP contribution >= 0.6 is 22.6 Å². The SMILES string of the molecule is CCOC(=O)C1=C(C)NC(=O)N[C@H]1c1ccc(OCC(=O)N/N=C\c2cc(I)c(O)cc2O)c(OC)c1. The van der Waals surface area contributed by atoms with Crippen molar-refractivity contribution < 1.29 is 38.8 Å². The van der Waals surface area contributed by atoms with Crippen LogP contribution in [-0.2, 0) is 14.3 Å². The summed E-state index contributed by atoms with van der Waals surface area (Å²) in [5, 5.41) is 28.5. The summed E-state index contributed by atoms with van der Waals surface area (Å²) in [5.74, 6) is -0.897. The molecular weight excluding hydrogens is 599 g/mol. The van der Waals surface area contributed by atoms with E-state index in [1.807, 2.05) is 22.6 Å². The Kier molecular flexibility index (Phi) is 9.16. The minimum Gasteiger partial charge on any atom is -0.507 e. The predicted octanol–water partition coefficient (Wildman–Crippen LogP) is 2.43. The molecule has 0 bridgehead atoms. The number of rotatable bonds is 9. The number of carbonyl (C=O) groups is 3. The number of urea groups is 1. The van der Waals surface area contributed by atoms with Gasteiger partial charge in [0.15, 0.2) is 18.1 Å². The molecule has 0 saturated carbocycles. The molecule has 0 aromatic heterocycles. The number of benzene rings is 2. The van der Waals surface area contributed by atoms with Gasteiger partial charge in [0.2, 0.25) is 0 Å². The Hall–Kier alpha value is -4.01. The summed E-state index contributed by atoms with van der Waals surface area (Å²) in [5.41, 5.74) is 3.75. The minimum absolute atomic E-state index is 0.0709. The second-order valence-electron chi connectivity index (χ2n) is 7.65. The van der Waals surface area contributed by atoms with Crippen molar-refractivity contribution >= 4 is 46.7 Å². The van der Waals surface area contributed by atoms with Crippen molar-refractivity contribution in [2.45, 2.75) is 19.9 Å². The lowest BCUT2D eigenvalue weighted by Crippen LogP contribution is -2.45. The van der Waals surface area contributed by atoms with Gasteiger partial charge < -0.3 is 35.1 Å². The standard InChI is InChI=1S/C24H25IN4O8/c1-4-36-23(33)21-12(2)27-24(34)28-22(21)13-5-6-18(19(8-13)35-3)37-11-20(32)29-26-10-14-7-15(25)17(31)9-16(14)30/h5-10,22,30-31H,4,11H2,1-3H3,(H,29,32)(H2,27,28,34)/b26-10-/t22-/m0/s1. The highest BCUT2D eigenvalue weighted by molar-refractivity contribution is 14.1. The van der Waals surface area contributed by atoms with Crippen LogP contribution in [0, 0.1) is 3.57 Å². The molecule has 1 heterocycles. The Bertz CT molecular complexity index is 1280. The molecule has 196 valence electrons. The third-order valence-electron chi connectivity index (χ3n) is 5.13. The van der Waals surface area contributed by atoms with Gasteiger partial charge in [0.05, 0.1) is 35.1 Å². The molecule has 1 aliphatic heterocycles. The van der Waals surface area contributed by atoms with Crippen LogP contribution in [0.1, 0.15) is 31.0 Å². The Morgan fingerprint density at radius 3 is 2.65 bits per heavy atom. The van der Waals surface area contributed by atoms with E-state index in [9.17, 15) is 24.6 Å². The Labute approximate surface area is 225 Å². The van der Waals surface area contributed by atoms with Crippen LogP contribution in [0.4, 0.5) is 4.79 Å². The number of esters is 1. The molecule has 0 aliphatic carbocycles. The molecule has 13 heteroatoms. The number of allylic oxidation sites excluding steroid dienone is 1. The van der Waals surface area contributed by atoms with Crippen molar-refractivity contribution in [3.63, 3.8) is 0 Å². The molecule has 12 nitrogen and oxygen atoms in total. The predicted molar refractivity (Wildman–Crippen MR) is 140 cm³/mol. The number of phenols is 2. The van der Waals surface area contributed by atoms with Crippen LogP contribution in [0.25, 0.3) is 0 Å². The van der Waals surface area contributed by atoms with E-state index in [2.05, 4.69) is 21.2 Å². The largest absolute Gasteiger partial charge is 0.507 e. The number of aromatic hydroxyl groups is 2. The van der Waals surface area contributed by atoms with Gasteiger partial charge in [0.25, 0.3) is 5.91 Å². The molecule has 0 fully saturated rings. The van der Waals surface area contributed by atoms with Crippen molar-refractivity contribution in [1.29, 1.82) is 0 Å². The van der Waals surface area contributed by atoms with Gasteiger partial charge >= 0.3 is 12.0 Å². The van der Waals surface area contributed by atoms with Gasteiger partial charge in [-0.3, -0.25) is 4.79 Å². The number of carbonyl (C=O) groups excluding carboxylic acids is 3. The maximum Gasteiger partial charge on any atom is 0.338 e. The van der Waals surface area contributed by atoms with Crippen LogP contribution in [0.15, 0.2) is 46.7 Å². The minimum atomic E-state index is -0.784. The van der Waals surface area contributed by atoms with E-state index in [1.165, 1.54) is 25.5 Å². The summed E-state index contributed by atoms with van der Waals surface area (Å²) in [6.07, 6.45) is 1.23. The number of hydrazone groups is 1. The van der Waals surface area contributed by atoms with Crippen LogP contribution in [0.5, 0.6) is 23.0 Å². The molecule has 5 N–H and O–H groups in total. The molecule has 2 aromatic carbocycles. The average Bonchev–Trinajstić information content (AvgIpc) is 2.85. The quantitative estimate of drug-likeness (QED) is 0.123. The van der Waals surface area contributed by atoms with Crippen LogP contribution < -0.4 is 25.5 Å². The molecular formula is C24H25IN4O8. The topological polar surface area (TPSA) is 168 Å². The van der Waals surface area contributed by atoms with Gasteiger partial charge in [-0.2, -0.15) is 5.10 Å². The number of halogens is 1. The molecule has 37 heavy (non-hydrogen) atoms. The van der Waals surface area contributed by atoms with E-state index in [-0.39, 0.29) is 35.2 Å². The van der Waals surface area contributed by atoms with Gasteiger partial charge in [-0.1, -0.05) is 6.07 Å².